The number of carbonyl (C=O) groups is 1. The first-order valence-corrected chi connectivity index (χ1v) is 5.36. The van der Waals surface area contributed by atoms with Gasteiger partial charge in [0.25, 0.3) is 0 Å². The van der Waals surface area contributed by atoms with Crippen LogP contribution in [0.3, 0.4) is 0 Å². The lowest BCUT2D eigenvalue weighted by molar-refractivity contribution is -0.142. The maximum Gasteiger partial charge on any atom is 0.307 e. The van der Waals surface area contributed by atoms with Crippen LogP contribution in [0.4, 0.5) is 11.4 Å². The summed E-state index contributed by atoms with van der Waals surface area (Å²) in [6.07, 6.45) is 0.292. The molecule has 17 heavy (non-hydrogen) atoms. The molecule has 1 aromatic rings. The molecule has 0 amide bonds. The monoisotopic (exact) mass is 233 g/mol. The van der Waals surface area contributed by atoms with Gasteiger partial charge in [-0.2, -0.15) is 5.26 Å². The van der Waals surface area contributed by atoms with E-state index in [9.17, 15) is 4.79 Å². The Labute approximate surface area is 100 Å². The number of nitrogens with two attached hydrogens (primary N) is 1. The molecule has 0 saturated heterocycles. The van der Waals surface area contributed by atoms with Crippen molar-refractivity contribution in [2.75, 3.05) is 24.2 Å². The molecule has 3 N–H and O–H groups in total. The molecule has 1 aromatic carbocycles. The third-order valence-electron chi connectivity index (χ3n) is 2.14. The Bertz CT molecular complexity index is 438. The maximum absolute atomic E-state index is 11.1. The molecule has 0 saturated carbocycles. The third-order valence-corrected chi connectivity index (χ3v) is 2.14. The standard InChI is InChI=1S/C12H15N3O2/c1-2-17-12(16)5-6-15-10-3-4-11(14)9(7-10)8-13/h3-4,7,15H,2,5-6,14H2,1H3. The van der Waals surface area contributed by atoms with Crippen molar-refractivity contribution in [2.45, 2.75) is 13.3 Å². The van der Waals surface area contributed by atoms with Gasteiger partial charge < -0.3 is 15.8 Å². The molecule has 0 fully saturated rings. The van der Waals surface area contributed by atoms with Gasteiger partial charge in [-0.3, -0.25) is 4.79 Å². The second kappa shape index (κ2) is 6.38. The molecule has 0 heterocycles. The fraction of sp³-hybridized carbons (Fsp3) is 0.333. The zero-order chi connectivity index (χ0) is 12.7. The normalized spacial score (nSPS) is 9.41. The van der Waals surface area contributed by atoms with Gasteiger partial charge in [-0.05, 0) is 25.1 Å². The number of nitrogen functional groups attached to an aromatic ring is 1. The van der Waals surface area contributed by atoms with Gasteiger partial charge in [-0.1, -0.05) is 0 Å². The van der Waals surface area contributed by atoms with Crippen molar-refractivity contribution in [3.8, 4) is 6.07 Å². The lowest BCUT2D eigenvalue weighted by atomic mass is 10.2. The summed E-state index contributed by atoms with van der Waals surface area (Å²) in [5, 5.41) is 11.8. The number of nitrogens with zero attached hydrogens (tertiary/aromatic N) is 1. The van der Waals surface area contributed by atoms with Crippen LogP contribution in [0.1, 0.15) is 18.9 Å². The molecule has 90 valence electrons. The summed E-state index contributed by atoms with van der Waals surface area (Å²) in [7, 11) is 0. The van der Waals surface area contributed by atoms with E-state index in [1.54, 1.807) is 25.1 Å². The van der Waals surface area contributed by atoms with Crippen LogP contribution in [0.15, 0.2) is 18.2 Å². The van der Waals surface area contributed by atoms with Crippen molar-refractivity contribution >= 4 is 17.3 Å². The first kappa shape index (κ1) is 12.8. The van der Waals surface area contributed by atoms with Gasteiger partial charge in [0, 0.05) is 17.9 Å². The zero-order valence-electron chi connectivity index (χ0n) is 9.69. The first-order chi connectivity index (χ1) is 8.17. The van der Waals surface area contributed by atoms with E-state index in [4.69, 9.17) is 15.7 Å². The number of nitrogens with one attached hydrogen (secondary N) is 1. The number of ether oxygens (including phenoxy) is 1. The topological polar surface area (TPSA) is 88.1 Å². The van der Waals surface area contributed by atoms with Gasteiger partial charge in [0.15, 0.2) is 0 Å². The molecule has 0 aliphatic carbocycles. The maximum atomic E-state index is 11.1. The van der Waals surface area contributed by atoms with Crippen molar-refractivity contribution < 1.29 is 9.53 Å². The van der Waals surface area contributed by atoms with Crippen LogP contribution < -0.4 is 11.1 Å². The van der Waals surface area contributed by atoms with Crippen LogP contribution in [0.25, 0.3) is 0 Å². The average Bonchev–Trinajstić information content (AvgIpc) is 2.31. The fourth-order valence-corrected chi connectivity index (χ4v) is 1.31. The van der Waals surface area contributed by atoms with E-state index in [-0.39, 0.29) is 5.97 Å². The predicted molar refractivity (Wildman–Crippen MR) is 65.3 cm³/mol. The van der Waals surface area contributed by atoms with Gasteiger partial charge in [-0.25, -0.2) is 0 Å². The Balaban J connectivity index is 2.48. The molecule has 1 rings (SSSR count). The fourth-order valence-electron chi connectivity index (χ4n) is 1.31. The minimum Gasteiger partial charge on any atom is -0.466 e. The Morgan fingerprint density at radius 1 is 1.59 bits per heavy atom. The number of anilines is 2. The molecule has 0 unspecified atom stereocenters. The van der Waals surface area contributed by atoms with Gasteiger partial charge in [0.1, 0.15) is 6.07 Å². The van der Waals surface area contributed by atoms with Crippen molar-refractivity contribution in [1.29, 1.82) is 5.26 Å². The summed E-state index contributed by atoms with van der Waals surface area (Å²) < 4.78 is 4.79. The SMILES string of the molecule is CCOC(=O)CCNc1ccc(N)c(C#N)c1. The number of carbonyl (C=O) groups excluding carboxylic acids is 1. The number of hydrogen-bond acceptors (Lipinski definition) is 5. The van der Waals surface area contributed by atoms with E-state index < -0.39 is 0 Å². The summed E-state index contributed by atoms with van der Waals surface area (Å²) in [5.74, 6) is -0.240. The van der Waals surface area contributed by atoms with Crippen LogP contribution in [0, 0.1) is 11.3 Å². The summed E-state index contributed by atoms with van der Waals surface area (Å²) in [6.45, 7) is 2.62. The predicted octanol–water partition coefficient (Wildman–Crippen LogP) is 1.51. The molecule has 5 nitrogen and oxygen atoms in total. The van der Waals surface area contributed by atoms with Gasteiger partial charge in [0.05, 0.1) is 18.6 Å². The molecule has 0 atom stereocenters. The Morgan fingerprint density at radius 2 is 2.35 bits per heavy atom. The van der Waals surface area contributed by atoms with Gasteiger partial charge >= 0.3 is 5.97 Å². The highest BCUT2D eigenvalue weighted by molar-refractivity contribution is 5.70. The van der Waals surface area contributed by atoms with Gasteiger partial charge in [0.2, 0.25) is 0 Å². The smallest absolute Gasteiger partial charge is 0.307 e. The van der Waals surface area contributed by atoms with E-state index >= 15 is 0 Å². The highest BCUT2D eigenvalue weighted by Gasteiger charge is 2.02. The summed E-state index contributed by atoms with van der Waals surface area (Å²) >= 11 is 0. The average molecular weight is 233 g/mol. The Kier molecular flexibility index (Phi) is 4.82. The van der Waals surface area contributed by atoms with Crippen molar-refractivity contribution in [3.05, 3.63) is 23.8 Å². The lowest BCUT2D eigenvalue weighted by Gasteiger charge is -2.07. The Hall–Kier alpha value is -2.22. The van der Waals surface area contributed by atoms with Gasteiger partial charge in [-0.15, -0.1) is 0 Å². The third kappa shape index (κ3) is 4.03. The number of benzene rings is 1. The van der Waals surface area contributed by atoms with Crippen molar-refractivity contribution in [2.24, 2.45) is 0 Å². The first-order valence-electron chi connectivity index (χ1n) is 5.36. The number of esters is 1. The molecule has 5 heteroatoms. The summed E-state index contributed by atoms with van der Waals surface area (Å²) in [6, 6.07) is 7.07. The van der Waals surface area contributed by atoms with E-state index in [0.29, 0.717) is 30.8 Å². The van der Waals surface area contributed by atoms with Crippen molar-refractivity contribution in [3.63, 3.8) is 0 Å². The Morgan fingerprint density at radius 3 is 3.00 bits per heavy atom. The van der Waals surface area contributed by atoms with Crippen LogP contribution >= 0.6 is 0 Å². The van der Waals surface area contributed by atoms with Crippen LogP contribution in [0.2, 0.25) is 0 Å². The molecule has 0 aliphatic rings. The highest BCUT2D eigenvalue weighted by atomic mass is 16.5. The lowest BCUT2D eigenvalue weighted by Crippen LogP contribution is -2.11. The summed E-state index contributed by atoms with van der Waals surface area (Å²) in [4.78, 5) is 11.1. The molecular weight excluding hydrogens is 218 g/mol. The van der Waals surface area contributed by atoms with E-state index in [1.165, 1.54) is 0 Å². The number of rotatable bonds is 5. The van der Waals surface area contributed by atoms with E-state index in [0.717, 1.165) is 5.69 Å². The van der Waals surface area contributed by atoms with E-state index in [1.807, 2.05) is 6.07 Å². The molecule has 0 aliphatic heterocycles. The minimum atomic E-state index is -0.240. The van der Waals surface area contributed by atoms with Crippen LogP contribution in [-0.2, 0) is 9.53 Å². The number of hydrogen-bond donors (Lipinski definition) is 2. The van der Waals surface area contributed by atoms with E-state index in [2.05, 4.69) is 5.32 Å². The minimum absolute atomic E-state index is 0.240. The molecule has 0 radical (unpaired) electrons. The zero-order valence-corrected chi connectivity index (χ0v) is 9.69. The molecule has 0 bridgehead atoms. The summed E-state index contributed by atoms with van der Waals surface area (Å²) in [5.41, 5.74) is 7.23. The van der Waals surface area contributed by atoms with Crippen molar-refractivity contribution in [1.82, 2.24) is 0 Å². The van der Waals surface area contributed by atoms with Crippen LogP contribution in [0.5, 0.6) is 0 Å². The molecular formula is C12H15N3O2. The second-order valence-corrected chi connectivity index (χ2v) is 3.40. The second-order valence-electron chi connectivity index (χ2n) is 3.40. The molecule has 0 aromatic heterocycles. The van der Waals surface area contributed by atoms with Crippen LogP contribution in [-0.4, -0.2) is 19.1 Å². The number of nitriles is 1. The highest BCUT2D eigenvalue weighted by Crippen LogP contribution is 2.16. The molecule has 0 spiro atoms. The quantitative estimate of drug-likeness (QED) is 0.594. The largest absolute Gasteiger partial charge is 0.466 e.